The summed E-state index contributed by atoms with van der Waals surface area (Å²) in [6, 6.07) is 5.34. The number of carbonyl (C=O) groups excluding carboxylic acids is 2. The highest BCUT2D eigenvalue weighted by molar-refractivity contribution is 6.06. The quantitative estimate of drug-likeness (QED) is 0.884. The smallest absolute Gasteiger partial charge is 0.262 e. The fraction of sp³-hybridized carbons (Fsp3) is 0.267. The van der Waals surface area contributed by atoms with Gasteiger partial charge in [-0.2, -0.15) is 0 Å². The van der Waals surface area contributed by atoms with E-state index in [-0.39, 0.29) is 17.7 Å². The molecular weight excluding hydrogens is 284 g/mol. The highest BCUT2D eigenvalue weighted by atomic mass is 16.5. The minimum atomic E-state index is -0.332. The fourth-order valence-corrected chi connectivity index (χ4v) is 2.46. The molecule has 0 saturated heterocycles. The lowest BCUT2D eigenvalue weighted by molar-refractivity contribution is 0.0944. The van der Waals surface area contributed by atoms with Gasteiger partial charge < -0.3 is 15.4 Å². The van der Waals surface area contributed by atoms with E-state index in [0.717, 1.165) is 12.0 Å². The Kier molecular flexibility index (Phi) is 3.54. The molecule has 0 atom stereocenters. The number of anilines is 1. The lowest BCUT2D eigenvalue weighted by atomic mass is 10.00. The molecule has 2 N–H and O–H groups in total. The summed E-state index contributed by atoms with van der Waals surface area (Å²) >= 11 is 0. The van der Waals surface area contributed by atoms with Crippen LogP contribution in [0.25, 0.3) is 0 Å². The molecule has 2 amide bonds. The number of hydrogen-bond acceptors (Lipinski definition) is 4. The van der Waals surface area contributed by atoms with E-state index in [0.29, 0.717) is 23.4 Å². The van der Waals surface area contributed by atoms with E-state index in [9.17, 15) is 9.59 Å². The van der Waals surface area contributed by atoms with Crippen molar-refractivity contribution in [2.24, 2.45) is 7.05 Å². The second-order valence-electron chi connectivity index (χ2n) is 5.06. The Morgan fingerprint density at radius 3 is 3.05 bits per heavy atom. The molecule has 1 aromatic carbocycles. The molecule has 3 rings (SSSR count). The Labute approximate surface area is 127 Å². The van der Waals surface area contributed by atoms with Crippen LogP contribution in [0.2, 0.25) is 0 Å². The third kappa shape index (κ3) is 2.52. The lowest BCUT2D eigenvalue weighted by Gasteiger charge is -2.17. The molecule has 0 unspecified atom stereocenters. The summed E-state index contributed by atoms with van der Waals surface area (Å²) in [5.41, 5.74) is 2.49. The average molecular weight is 300 g/mol. The maximum atomic E-state index is 12.3. The van der Waals surface area contributed by atoms with Crippen LogP contribution >= 0.6 is 0 Å². The highest BCUT2D eigenvalue weighted by Crippen LogP contribution is 2.21. The maximum Gasteiger partial charge on any atom is 0.262 e. The normalized spacial score (nSPS) is 13.3. The zero-order valence-electron chi connectivity index (χ0n) is 12.3. The SMILES string of the molecule is COc1nn(C)cc1C(=O)Nc1ccc2c(c1)C(=O)NCC2. The van der Waals surface area contributed by atoms with Crippen molar-refractivity contribution in [2.45, 2.75) is 6.42 Å². The van der Waals surface area contributed by atoms with Crippen molar-refractivity contribution >= 4 is 17.5 Å². The predicted octanol–water partition coefficient (Wildman–Crippen LogP) is 0.967. The largest absolute Gasteiger partial charge is 0.479 e. The lowest BCUT2D eigenvalue weighted by Crippen LogP contribution is -2.31. The molecule has 2 aromatic rings. The number of nitrogens with zero attached hydrogens (tertiary/aromatic N) is 2. The molecule has 22 heavy (non-hydrogen) atoms. The molecule has 0 fully saturated rings. The highest BCUT2D eigenvalue weighted by Gasteiger charge is 2.19. The van der Waals surface area contributed by atoms with Crippen LogP contribution in [0, 0.1) is 0 Å². The van der Waals surface area contributed by atoms with Gasteiger partial charge in [0.1, 0.15) is 5.56 Å². The van der Waals surface area contributed by atoms with Gasteiger partial charge in [0.25, 0.3) is 11.8 Å². The molecule has 0 aliphatic carbocycles. The van der Waals surface area contributed by atoms with Gasteiger partial charge >= 0.3 is 0 Å². The Morgan fingerprint density at radius 2 is 2.27 bits per heavy atom. The summed E-state index contributed by atoms with van der Waals surface area (Å²) < 4.78 is 6.58. The number of rotatable bonds is 3. The van der Waals surface area contributed by atoms with Gasteiger partial charge in [0.05, 0.1) is 7.11 Å². The molecule has 1 aromatic heterocycles. The first-order chi connectivity index (χ1) is 10.6. The Balaban J connectivity index is 1.85. The molecule has 0 bridgehead atoms. The number of carbonyl (C=O) groups is 2. The molecule has 1 aliphatic heterocycles. The zero-order valence-corrected chi connectivity index (χ0v) is 12.3. The van der Waals surface area contributed by atoms with Crippen molar-refractivity contribution in [3.63, 3.8) is 0 Å². The molecule has 0 radical (unpaired) electrons. The number of methoxy groups -OCH3 is 1. The zero-order chi connectivity index (χ0) is 15.7. The van der Waals surface area contributed by atoms with Crippen molar-refractivity contribution in [3.05, 3.63) is 41.1 Å². The van der Waals surface area contributed by atoms with Crippen LogP contribution < -0.4 is 15.4 Å². The topological polar surface area (TPSA) is 85.2 Å². The van der Waals surface area contributed by atoms with Crippen LogP contribution in [0.1, 0.15) is 26.3 Å². The van der Waals surface area contributed by atoms with Gasteiger partial charge in [-0.15, -0.1) is 5.10 Å². The first-order valence-electron chi connectivity index (χ1n) is 6.88. The number of amides is 2. The standard InChI is InChI=1S/C15H16N4O3/c1-19-8-12(15(18-19)22-2)14(21)17-10-4-3-9-5-6-16-13(20)11(9)7-10/h3-4,7-8H,5-6H2,1-2H3,(H,16,20)(H,17,21). The maximum absolute atomic E-state index is 12.3. The number of aryl methyl sites for hydroxylation is 1. The molecule has 0 saturated carbocycles. The van der Waals surface area contributed by atoms with Crippen molar-refractivity contribution in [3.8, 4) is 5.88 Å². The summed E-state index contributed by atoms with van der Waals surface area (Å²) in [7, 11) is 3.17. The molecule has 1 aliphatic rings. The van der Waals surface area contributed by atoms with Gasteiger partial charge in [0, 0.05) is 31.0 Å². The molecule has 114 valence electrons. The van der Waals surface area contributed by atoms with Crippen LogP contribution in [0.4, 0.5) is 5.69 Å². The van der Waals surface area contributed by atoms with E-state index >= 15 is 0 Å². The van der Waals surface area contributed by atoms with Crippen LogP contribution in [0.15, 0.2) is 24.4 Å². The fourth-order valence-electron chi connectivity index (χ4n) is 2.46. The number of nitrogens with one attached hydrogen (secondary N) is 2. The summed E-state index contributed by atoms with van der Waals surface area (Å²) in [4.78, 5) is 24.2. The monoisotopic (exact) mass is 300 g/mol. The van der Waals surface area contributed by atoms with E-state index in [4.69, 9.17) is 4.74 Å². The van der Waals surface area contributed by atoms with E-state index in [1.54, 1.807) is 25.4 Å². The Morgan fingerprint density at radius 1 is 1.45 bits per heavy atom. The number of fused-ring (bicyclic) bond motifs is 1. The minimum Gasteiger partial charge on any atom is -0.479 e. The van der Waals surface area contributed by atoms with Gasteiger partial charge in [-0.3, -0.25) is 14.3 Å². The molecule has 7 nitrogen and oxygen atoms in total. The second-order valence-corrected chi connectivity index (χ2v) is 5.06. The summed E-state index contributed by atoms with van der Waals surface area (Å²) in [5, 5.41) is 9.60. The van der Waals surface area contributed by atoms with Crippen molar-refractivity contribution < 1.29 is 14.3 Å². The summed E-state index contributed by atoms with van der Waals surface area (Å²) in [5.74, 6) is -0.187. The number of benzene rings is 1. The first-order valence-corrected chi connectivity index (χ1v) is 6.88. The predicted molar refractivity (Wildman–Crippen MR) is 80.2 cm³/mol. The average Bonchev–Trinajstić information content (AvgIpc) is 2.89. The van der Waals surface area contributed by atoms with E-state index in [2.05, 4.69) is 15.7 Å². The summed E-state index contributed by atoms with van der Waals surface area (Å²) in [6.07, 6.45) is 2.38. The van der Waals surface area contributed by atoms with E-state index in [1.165, 1.54) is 11.8 Å². The number of ether oxygens (including phenoxy) is 1. The molecule has 0 spiro atoms. The van der Waals surface area contributed by atoms with E-state index in [1.807, 2.05) is 6.07 Å². The van der Waals surface area contributed by atoms with Gasteiger partial charge in [-0.05, 0) is 24.1 Å². The van der Waals surface area contributed by atoms with Gasteiger partial charge in [0.15, 0.2) is 0 Å². The van der Waals surface area contributed by atoms with Gasteiger partial charge in [-0.25, -0.2) is 0 Å². The third-order valence-corrected chi connectivity index (χ3v) is 3.53. The van der Waals surface area contributed by atoms with Crippen molar-refractivity contribution in [1.82, 2.24) is 15.1 Å². The van der Waals surface area contributed by atoms with Crippen LogP contribution in [0.3, 0.4) is 0 Å². The van der Waals surface area contributed by atoms with Gasteiger partial charge in [-0.1, -0.05) is 6.07 Å². The van der Waals surface area contributed by atoms with Crippen LogP contribution in [0.5, 0.6) is 5.88 Å². The molecule has 7 heteroatoms. The summed E-state index contributed by atoms with van der Waals surface area (Å²) in [6.45, 7) is 0.643. The second kappa shape index (κ2) is 5.51. The van der Waals surface area contributed by atoms with Crippen LogP contribution in [-0.4, -0.2) is 35.2 Å². The minimum absolute atomic E-state index is 0.115. The number of aromatic nitrogens is 2. The number of hydrogen-bond donors (Lipinski definition) is 2. The molecule has 2 heterocycles. The van der Waals surface area contributed by atoms with Crippen LogP contribution in [-0.2, 0) is 13.5 Å². The van der Waals surface area contributed by atoms with E-state index < -0.39 is 0 Å². The Hall–Kier alpha value is -2.83. The third-order valence-electron chi connectivity index (χ3n) is 3.53. The molecular formula is C15H16N4O3. The Bertz CT molecular complexity index is 751. The van der Waals surface area contributed by atoms with Gasteiger partial charge in [0.2, 0.25) is 5.88 Å². The van der Waals surface area contributed by atoms with Crippen molar-refractivity contribution in [2.75, 3.05) is 19.0 Å². The van der Waals surface area contributed by atoms with Crippen molar-refractivity contribution in [1.29, 1.82) is 0 Å². The first kappa shape index (κ1) is 14.1.